The average Bonchev–Trinajstić information content (AvgIpc) is 2.79. The molecular weight excluding hydrogens is 437 g/mol. The predicted molar refractivity (Wildman–Crippen MR) is 122 cm³/mol. The molecule has 0 aliphatic rings. The van der Waals surface area contributed by atoms with Gasteiger partial charge in [0.1, 0.15) is 12.4 Å². The van der Waals surface area contributed by atoms with Crippen LogP contribution >= 0.6 is 11.6 Å². The largest absolute Gasteiger partial charge is 0.493 e. The molecule has 3 aromatic rings. The minimum absolute atomic E-state index is 0.0566. The highest BCUT2D eigenvalue weighted by molar-refractivity contribution is 6.31. The molecule has 0 saturated heterocycles. The Balaban J connectivity index is 1.55. The van der Waals surface area contributed by atoms with Gasteiger partial charge in [-0.1, -0.05) is 29.8 Å². The molecule has 0 amide bonds. The summed E-state index contributed by atoms with van der Waals surface area (Å²) < 4.78 is 24.7. The van der Waals surface area contributed by atoms with Crippen molar-refractivity contribution in [2.75, 3.05) is 25.5 Å². The third-order valence-electron chi connectivity index (χ3n) is 4.69. The second kappa shape index (κ2) is 11.3. The molecule has 3 aromatic carbocycles. The van der Waals surface area contributed by atoms with Gasteiger partial charge in [0.2, 0.25) is 0 Å². The summed E-state index contributed by atoms with van der Waals surface area (Å²) in [5.74, 6) is 0.779. The van der Waals surface area contributed by atoms with Gasteiger partial charge in [0.15, 0.2) is 11.5 Å². The van der Waals surface area contributed by atoms with Gasteiger partial charge in [-0.2, -0.15) is 0 Å². The van der Waals surface area contributed by atoms with Crippen molar-refractivity contribution in [1.29, 1.82) is 0 Å². The van der Waals surface area contributed by atoms with E-state index in [1.54, 1.807) is 31.4 Å². The SMILES string of the molecule is COc1cccc(CNCCNc2ccc([N+](=O)[O-])cc2)c1OCc1ccc(F)cc1Cl. The van der Waals surface area contributed by atoms with E-state index in [-0.39, 0.29) is 12.3 Å². The predicted octanol–water partition coefficient (Wildman–Crippen LogP) is 5.18. The van der Waals surface area contributed by atoms with Crippen molar-refractivity contribution in [3.63, 3.8) is 0 Å². The standard InChI is InChI=1S/C23H23ClFN3O4/c1-31-22-4-2-3-16(23(22)32-15-17-5-6-18(25)13-21(17)24)14-26-11-12-27-19-7-9-20(10-8-19)28(29)30/h2-10,13,26-27H,11-12,14-15H2,1H3. The minimum atomic E-state index is -0.427. The van der Waals surface area contributed by atoms with Crippen LogP contribution in [0.2, 0.25) is 5.02 Å². The number of non-ortho nitro benzene ring substituents is 1. The molecule has 32 heavy (non-hydrogen) atoms. The van der Waals surface area contributed by atoms with Crippen molar-refractivity contribution in [1.82, 2.24) is 5.32 Å². The van der Waals surface area contributed by atoms with Crippen LogP contribution in [-0.4, -0.2) is 25.1 Å². The van der Waals surface area contributed by atoms with Crippen molar-refractivity contribution in [2.24, 2.45) is 0 Å². The molecule has 168 valence electrons. The second-order valence-electron chi connectivity index (χ2n) is 6.88. The molecule has 7 nitrogen and oxygen atoms in total. The number of nitrogens with zero attached hydrogens (tertiary/aromatic N) is 1. The number of halogens is 2. The molecule has 0 heterocycles. The maximum absolute atomic E-state index is 13.3. The van der Waals surface area contributed by atoms with Gasteiger partial charge in [-0.15, -0.1) is 0 Å². The molecule has 0 fully saturated rings. The van der Waals surface area contributed by atoms with Gasteiger partial charge in [-0.25, -0.2) is 4.39 Å². The lowest BCUT2D eigenvalue weighted by atomic mass is 10.1. The summed E-state index contributed by atoms with van der Waals surface area (Å²) in [6.07, 6.45) is 0. The summed E-state index contributed by atoms with van der Waals surface area (Å²) in [6.45, 7) is 1.99. The summed E-state index contributed by atoms with van der Waals surface area (Å²) in [5.41, 5.74) is 2.43. The Morgan fingerprint density at radius 1 is 1.06 bits per heavy atom. The molecule has 0 saturated carbocycles. The Hall–Kier alpha value is -3.36. The fourth-order valence-electron chi connectivity index (χ4n) is 3.03. The first-order valence-corrected chi connectivity index (χ1v) is 10.3. The van der Waals surface area contributed by atoms with Crippen LogP contribution in [0.15, 0.2) is 60.7 Å². The van der Waals surface area contributed by atoms with Crippen LogP contribution in [-0.2, 0) is 13.2 Å². The highest BCUT2D eigenvalue weighted by Gasteiger charge is 2.12. The molecule has 9 heteroatoms. The molecule has 0 aliphatic heterocycles. The van der Waals surface area contributed by atoms with Crippen molar-refractivity contribution in [2.45, 2.75) is 13.2 Å². The van der Waals surface area contributed by atoms with Crippen LogP contribution in [0.3, 0.4) is 0 Å². The first-order valence-electron chi connectivity index (χ1n) is 9.89. The van der Waals surface area contributed by atoms with E-state index in [1.807, 2.05) is 12.1 Å². The van der Waals surface area contributed by atoms with Gasteiger partial charge in [-0.05, 0) is 30.3 Å². The fraction of sp³-hybridized carbons (Fsp3) is 0.217. The lowest BCUT2D eigenvalue weighted by Gasteiger charge is -2.16. The number of hydrogen-bond acceptors (Lipinski definition) is 6. The molecule has 0 aromatic heterocycles. The van der Waals surface area contributed by atoms with Crippen LogP contribution < -0.4 is 20.1 Å². The van der Waals surface area contributed by atoms with E-state index in [0.717, 1.165) is 11.3 Å². The molecule has 2 N–H and O–H groups in total. The van der Waals surface area contributed by atoms with Crippen molar-refractivity contribution in [3.8, 4) is 11.5 Å². The lowest BCUT2D eigenvalue weighted by Crippen LogP contribution is -2.22. The van der Waals surface area contributed by atoms with Gasteiger partial charge < -0.3 is 20.1 Å². The molecule has 0 aliphatic carbocycles. The van der Waals surface area contributed by atoms with Crippen LogP contribution in [0.25, 0.3) is 0 Å². The van der Waals surface area contributed by atoms with Crippen LogP contribution in [0, 0.1) is 15.9 Å². The third kappa shape index (κ3) is 6.32. The molecule has 0 atom stereocenters. The molecule has 3 rings (SSSR count). The van der Waals surface area contributed by atoms with E-state index in [2.05, 4.69) is 10.6 Å². The Kier molecular flexibility index (Phi) is 8.24. The number of hydrogen-bond donors (Lipinski definition) is 2. The van der Waals surface area contributed by atoms with Crippen molar-refractivity contribution >= 4 is 23.0 Å². The number of anilines is 1. The van der Waals surface area contributed by atoms with Gasteiger partial charge in [-0.3, -0.25) is 10.1 Å². The number of benzene rings is 3. The average molecular weight is 460 g/mol. The van der Waals surface area contributed by atoms with E-state index < -0.39 is 10.7 Å². The quantitative estimate of drug-likeness (QED) is 0.233. The first kappa shape index (κ1) is 23.3. The summed E-state index contributed by atoms with van der Waals surface area (Å²) in [4.78, 5) is 10.3. The zero-order valence-corrected chi connectivity index (χ0v) is 18.2. The summed E-state index contributed by atoms with van der Waals surface area (Å²) in [7, 11) is 1.57. The Labute approximate surface area is 190 Å². The normalized spacial score (nSPS) is 10.6. The zero-order valence-electron chi connectivity index (χ0n) is 17.4. The number of nitro groups is 1. The highest BCUT2D eigenvalue weighted by Crippen LogP contribution is 2.32. The monoisotopic (exact) mass is 459 g/mol. The molecule has 0 unspecified atom stereocenters. The third-order valence-corrected chi connectivity index (χ3v) is 5.04. The second-order valence-corrected chi connectivity index (χ2v) is 7.29. The maximum atomic E-state index is 13.3. The van der Waals surface area contributed by atoms with E-state index in [1.165, 1.54) is 24.3 Å². The maximum Gasteiger partial charge on any atom is 0.269 e. The molecule has 0 radical (unpaired) electrons. The molecule has 0 spiro atoms. The Morgan fingerprint density at radius 3 is 2.53 bits per heavy atom. The molecular formula is C23H23ClFN3O4. The van der Waals surface area contributed by atoms with E-state index in [9.17, 15) is 14.5 Å². The summed E-state index contributed by atoms with van der Waals surface area (Å²) in [5, 5.41) is 17.5. The smallest absolute Gasteiger partial charge is 0.269 e. The van der Waals surface area contributed by atoms with Crippen LogP contribution in [0.1, 0.15) is 11.1 Å². The number of methoxy groups -OCH3 is 1. The van der Waals surface area contributed by atoms with Crippen LogP contribution in [0.5, 0.6) is 11.5 Å². The van der Waals surface area contributed by atoms with E-state index in [0.29, 0.717) is 41.7 Å². The number of rotatable bonds is 11. The first-order chi connectivity index (χ1) is 15.5. The van der Waals surface area contributed by atoms with Gasteiger partial charge in [0, 0.05) is 48.6 Å². The number of ether oxygens (including phenoxy) is 2. The van der Waals surface area contributed by atoms with Gasteiger partial charge >= 0.3 is 0 Å². The van der Waals surface area contributed by atoms with Gasteiger partial charge in [0.05, 0.1) is 17.1 Å². The Bertz CT molecular complexity index is 1060. The lowest BCUT2D eigenvalue weighted by molar-refractivity contribution is -0.384. The summed E-state index contributed by atoms with van der Waals surface area (Å²) in [6, 6.07) is 16.1. The number of nitrogens with one attached hydrogen (secondary N) is 2. The van der Waals surface area contributed by atoms with Gasteiger partial charge in [0.25, 0.3) is 5.69 Å². The highest BCUT2D eigenvalue weighted by atomic mass is 35.5. The Morgan fingerprint density at radius 2 is 1.84 bits per heavy atom. The number of para-hydroxylation sites is 1. The van der Waals surface area contributed by atoms with E-state index in [4.69, 9.17) is 21.1 Å². The van der Waals surface area contributed by atoms with Crippen LogP contribution in [0.4, 0.5) is 15.8 Å². The summed E-state index contributed by atoms with van der Waals surface area (Å²) >= 11 is 6.10. The molecule has 0 bridgehead atoms. The fourth-order valence-corrected chi connectivity index (χ4v) is 3.25. The topological polar surface area (TPSA) is 85.7 Å². The van der Waals surface area contributed by atoms with E-state index >= 15 is 0 Å². The number of nitro benzene ring substituents is 1. The zero-order chi connectivity index (χ0) is 22.9. The van der Waals surface area contributed by atoms with Crippen molar-refractivity contribution in [3.05, 3.63) is 92.7 Å². The van der Waals surface area contributed by atoms with Crippen molar-refractivity contribution < 1.29 is 18.8 Å². The minimum Gasteiger partial charge on any atom is -0.493 e.